The van der Waals surface area contributed by atoms with Crippen LogP contribution in [0.25, 0.3) is 44.3 Å². The molecule has 6 heteroatoms. The smallest absolute Gasteiger partial charge is 0.381 e. The van der Waals surface area contributed by atoms with Gasteiger partial charge in [0.2, 0.25) is 5.72 Å². The van der Waals surface area contributed by atoms with E-state index in [1.807, 2.05) is 0 Å². The molecule has 6 aromatic rings. The lowest BCUT2D eigenvalue weighted by Gasteiger charge is -2.48. The van der Waals surface area contributed by atoms with Crippen LogP contribution in [0.2, 0.25) is 5.82 Å². The van der Waals surface area contributed by atoms with Gasteiger partial charge in [-0.3, -0.25) is 0 Å². The lowest BCUT2D eigenvalue weighted by molar-refractivity contribution is -0.738. The minimum atomic E-state index is -0.158. The number of aromatic nitrogens is 2. The Morgan fingerprint density at radius 1 is 0.604 bits per heavy atom. The maximum Gasteiger partial charge on any atom is 0.381 e. The van der Waals surface area contributed by atoms with Gasteiger partial charge < -0.3 is 10.3 Å². The van der Waals surface area contributed by atoms with Crippen LogP contribution in [-0.4, -0.2) is 29.2 Å². The van der Waals surface area contributed by atoms with Gasteiger partial charge in [-0.05, 0) is 97.3 Å². The first-order valence-electron chi connectivity index (χ1n) is 19.0. The molecule has 0 unspecified atom stereocenters. The zero-order chi connectivity index (χ0) is 36.5. The van der Waals surface area contributed by atoms with Crippen LogP contribution in [0, 0.1) is 0 Å². The van der Waals surface area contributed by atoms with Crippen LogP contribution in [0.3, 0.4) is 0 Å². The Bertz CT molecular complexity index is 2280. The van der Waals surface area contributed by atoms with Crippen LogP contribution in [0.15, 0.2) is 158 Å². The summed E-state index contributed by atoms with van der Waals surface area (Å²) < 4.78 is 5.01. The van der Waals surface area contributed by atoms with Crippen molar-refractivity contribution in [1.29, 1.82) is 0 Å². The fourth-order valence-corrected chi connectivity index (χ4v) is 9.10. The van der Waals surface area contributed by atoms with E-state index >= 15 is 0 Å². The number of fused-ring (bicyclic) bond motifs is 2. The molecule has 1 fully saturated rings. The Balaban J connectivity index is 1.34. The van der Waals surface area contributed by atoms with Crippen molar-refractivity contribution in [1.82, 2.24) is 9.49 Å². The highest BCUT2D eigenvalue weighted by Gasteiger charge is 2.53. The lowest BCUT2D eigenvalue weighted by atomic mass is 9.42. The summed E-state index contributed by atoms with van der Waals surface area (Å²) in [6.45, 7) is 13.7. The van der Waals surface area contributed by atoms with Gasteiger partial charge in [0.05, 0.1) is 6.85 Å². The maximum atomic E-state index is 6.03. The molecule has 3 heterocycles. The average Bonchev–Trinajstić information content (AvgIpc) is 3.80. The highest BCUT2D eigenvalue weighted by Crippen LogP contribution is 2.49. The van der Waals surface area contributed by atoms with Crippen LogP contribution in [0.1, 0.15) is 47.1 Å². The number of hydrogen-bond donors (Lipinski definition) is 0. The predicted molar refractivity (Wildman–Crippen MR) is 224 cm³/mol. The van der Waals surface area contributed by atoms with E-state index in [1.54, 1.807) is 0 Å². The molecule has 1 aliphatic carbocycles. The van der Waals surface area contributed by atoms with E-state index in [0.717, 1.165) is 0 Å². The van der Waals surface area contributed by atoms with E-state index in [0.29, 0.717) is 0 Å². The lowest BCUT2D eigenvalue weighted by Crippen LogP contribution is -2.75. The molecule has 0 N–H and O–H groups in total. The van der Waals surface area contributed by atoms with Crippen LogP contribution in [0.5, 0.6) is 0 Å². The Labute approximate surface area is 315 Å². The van der Waals surface area contributed by atoms with Gasteiger partial charge in [-0.2, -0.15) is 0 Å². The third-order valence-electron chi connectivity index (χ3n) is 11.4. The molecule has 3 aliphatic rings. The summed E-state index contributed by atoms with van der Waals surface area (Å²) in [5.74, 6) is 0.138. The van der Waals surface area contributed by atoms with Crippen molar-refractivity contribution in [3.05, 3.63) is 169 Å². The summed E-state index contributed by atoms with van der Waals surface area (Å²) in [6.07, 6.45) is 11.7. The van der Waals surface area contributed by atoms with E-state index in [1.165, 1.54) is 61.2 Å². The third kappa shape index (κ3) is 5.59. The first-order chi connectivity index (χ1) is 25.6. The van der Waals surface area contributed by atoms with E-state index < -0.39 is 0 Å². The summed E-state index contributed by atoms with van der Waals surface area (Å²) in [6, 6.07) is 46.5. The second-order valence-corrected chi connectivity index (χ2v) is 16.7. The van der Waals surface area contributed by atoms with Crippen LogP contribution in [-0.2, 0) is 11.1 Å². The Hall–Kier alpha value is -5.16. The summed E-state index contributed by atoms with van der Waals surface area (Å²) in [5, 5.41) is 6.03. The molecule has 260 valence electrons. The molecule has 5 aromatic carbocycles. The highest BCUT2D eigenvalue weighted by atomic mass is 15.5. The number of rotatable bonds is 5. The molecule has 1 aromatic heterocycles. The second kappa shape index (κ2) is 12.8. The average molecular weight is 689 g/mol. The van der Waals surface area contributed by atoms with Gasteiger partial charge >= 0.3 is 6.85 Å². The van der Waals surface area contributed by atoms with Crippen molar-refractivity contribution in [2.75, 3.05) is 0 Å². The van der Waals surface area contributed by atoms with E-state index in [-0.39, 0.29) is 36.6 Å². The molecule has 1 saturated heterocycles. The first-order valence-corrected chi connectivity index (χ1v) is 19.0. The Morgan fingerprint density at radius 3 is 1.62 bits per heavy atom. The van der Waals surface area contributed by atoms with Gasteiger partial charge in [-0.15, -0.1) is 0 Å². The number of imidazole rings is 1. The first kappa shape index (κ1) is 33.7. The van der Waals surface area contributed by atoms with E-state index in [4.69, 9.17) is 5.34 Å². The minimum absolute atomic E-state index is 0.0673. The van der Waals surface area contributed by atoms with Gasteiger partial charge in [0.1, 0.15) is 23.5 Å². The normalized spacial score (nSPS) is 18.2. The second-order valence-electron chi connectivity index (χ2n) is 16.7. The predicted octanol–water partition coefficient (Wildman–Crippen LogP) is 8.60. The quantitative estimate of drug-likeness (QED) is 0.132. The number of benzene rings is 5. The number of hydrogen-bond acceptors (Lipinski definition) is 1. The molecular formula is C47H46B2N4. The fourth-order valence-electron chi connectivity index (χ4n) is 9.10. The standard InChI is InChI=1S/C47H46B2N4/c1-46(2,3)51-31-32-52(47(4,5)6)45(51)49-43-38(35-23-14-9-15-24-35)27-17-28-39(43)40-29-18-30-41-44(40)53(49)50-48(41)42-36(33-19-10-7-11-20-33)25-16-26-37(42)34-21-12-8-13-22-34/h7-32,41,44H,1-6H3/t41-,44+/m1/s1. The third-order valence-corrected chi connectivity index (χ3v) is 11.4. The summed E-state index contributed by atoms with van der Waals surface area (Å²) in [7, 11) is 0. The monoisotopic (exact) mass is 688 g/mol. The molecule has 0 radical (unpaired) electrons. The summed E-state index contributed by atoms with van der Waals surface area (Å²) in [5.41, 5.74) is 13.6. The van der Waals surface area contributed by atoms with Crippen LogP contribution >= 0.6 is 0 Å². The van der Waals surface area contributed by atoms with Crippen LogP contribution in [0.4, 0.5) is 0 Å². The SMILES string of the molecule is CC(C)(C)n1cc[n+](C(C)(C)C)c1B1c2c(cccc2-c2ccccc2)C2=CC=C[C@H]3B(c4c(-c5ccccc5)cccc4-c4ccccc4)[N-]N1[C@@H]23. The number of nitrogens with zero attached hydrogens (tertiary/aromatic N) is 4. The topological polar surface area (TPSA) is 26.1 Å². The Kier molecular flexibility index (Phi) is 8.10. The van der Waals surface area contributed by atoms with Crippen LogP contribution < -0.4 is 21.2 Å². The number of allylic oxidation sites excluding steroid dienone is 2. The molecule has 2 aliphatic heterocycles. The molecule has 0 saturated carbocycles. The maximum absolute atomic E-state index is 6.03. The fraction of sp³-hybridized carbons (Fsp3) is 0.213. The molecule has 53 heavy (non-hydrogen) atoms. The van der Waals surface area contributed by atoms with Gasteiger partial charge in [0.15, 0.2) is 0 Å². The van der Waals surface area contributed by atoms with Crippen molar-refractivity contribution in [3.8, 4) is 33.4 Å². The van der Waals surface area contributed by atoms with Gasteiger partial charge in [0.25, 0.3) is 0 Å². The summed E-state index contributed by atoms with van der Waals surface area (Å²) >= 11 is 0. The van der Waals surface area contributed by atoms with Gasteiger partial charge in [-0.25, -0.2) is 9.13 Å². The molecule has 2 atom stereocenters. The molecule has 0 amide bonds. The molecule has 0 spiro atoms. The van der Waals surface area contributed by atoms with E-state index in [9.17, 15) is 0 Å². The zero-order valence-electron chi connectivity index (χ0n) is 31.6. The molecule has 0 bridgehead atoms. The van der Waals surface area contributed by atoms with E-state index in [2.05, 4.69) is 214 Å². The van der Waals surface area contributed by atoms with Crippen molar-refractivity contribution >= 4 is 35.9 Å². The van der Waals surface area contributed by atoms with Crippen molar-refractivity contribution in [2.24, 2.45) is 0 Å². The van der Waals surface area contributed by atoms with Crippen molar-refractivity contribution < 1.29 is 4.57 Å². The van der Waals surface area contributed by atoms with Gasteiger partial charge in [0, 0.05) is 6.04 Å². The van der Waals surface area contributed by atoms with Crippen molar-refractivity contribution in [3.63, 3.8) is 0 Å². The highest BCUT2D eigenvalue weighted by molar-refractivity contribution is 6.89. The minimum Gasteiger partial charge on any atom is -0.624 e. The molecular weight excluding hydrogens is 642 g/mol. The van der Waals surface area contributed by atoms with Crippen molar-refractivity contribution in [2.45, 2.75) is 64.5 Å². The van der Waals surface area contributed by atoms with Gasteiger partial charge in [-0.1, -0.05) is 151 Å². The largest absolute Gasteiger partial charge is 0.624 e. The molecule has 9 rings (SSSR count). The summed E-state index contributed by atoms with van der Waals surface area (Å²) in [4.78, 5) is 2.52. The molecule has 4 nitrogen and oxygen atoms in total. The Morgan fingerprint density at radius 2 is 1.11 bits per heavy atom. The zero-order valence-corrected chi connectivity index (χ0v) is 31.6.